The normalized spacial score (nSPS) is 16.9. The first-order valence-electron chi connectivity index (χ1n) is 5.52. The highest BCUT2D eigenvalue weighted by molar-refractivity contribution is 6.17. The molecule has 0 aliphatic heterocycles. The molecule has 0 aromatic carbocycles. The quantitative estimate of drug-likeness (QED) is 0.733. The molecule has 1 aromatic heterocycles. The van der Waals surface area contributed by atoms with Crippen molar-refractivity contribution in [2.45, 2.75) is 31.6 Å². The van der Waals surface area contributed by atoms with Crippen LogP contribution >= 0.6 is 11.6 Å². The highest BCUT2D eigenvalue weighted by Gasteiger charge is 2.16. The number of halogens is 1. The molecule has 0 amide bonds. The van der Waals surface area contributed by atoms with Gasteiger partial charge in [-0.2, -0.15) is 0 Å². The minimum absolute atomic E-state index is 0.489. The van der Waals surface area contributed by atoms with Gasteiger partial charge >= 0.3 is 0 Å². The summed E-state index contributed by atoms with van der Waals surface area (Å²) in [7, 11) is 0. The van der Waals surface area contributed by atoms with Crippen LogP contribution in [0.25, 0.3) is 0 Å². The number of alkyl halides is 1. The smallest absolute Gasteiger partial charge is 0.141 e. The Labute approximate surface area is 95.6 Å². The number of pyridine rings is 1. The number of rotatable bonds is 4. The molecule has 0 unspecified atom stereocenters. The van der Waals surface area contributed by atoms with Gasteiger partial charge in [-0.05, 0) is 24.8 Å². The number of hydrogen-bond donors (Lipinski definition) is 0. The lowest BCUT2D eigenvalue weighted by Gasteiger charge is -2.12. The molecule has 3 heteroatoms. The third kappa shape index (κ3) is 2.85. The summed E-state index contributed by atoms with van der Waals surface area (Å²) in [5, 5.41) is 0. The summed E-state index contributed by atoms with van der Waals surface area (Å²) in [6.45, 7) is 0.815. The fraction of sp³-hybridized carbons (Fsp3) is 0.583. The Morgan fingerprint density at radius 1 is 1.40 bits per heavy atom. The molecule has 2 nitrogen and oxygen atoms in total. The van der Waals surface area contributed by atoms with Crippen molar-refractivity contribution in [1.82, 2.24) is 4.98 Å². The van der Waals surface area contributed by atoms with Crippen molar-refractivity contribution in [3.8, 4) is 5.75 Å². The first kappa shape index (κ1) is 10.7. The number of aromatic nitrogens is 1. The molecule has 82 valence electrons. The predicted octanol–water partition coefficient (Wildman–Crippen LogP) is 3.39. The van der Waals surface area contributed by atoms with Gasteiger partial charge in [-0.3, -0.25) is 4.98 Å². The Hall–Kier alpha value is -0.760. The van der Waals surface area contributed by atoms with E-state index >= 15 is 0 Å². The second-order valence-corrected chi connectivity index (χ2v) is 4.35. The van der Waals surface area contributed by atoms with E-state index in [4.69, 9.17) is 16.3 Å². The van der Waals surface area contributed by atoms with E-state index in [-0.39, 0.29) is 0 Å². The molecular weight excluding hydrogens is 210 g/mol. The van der Waals surface area contributed by atoms with Crippen LogP contribution in [-0.4, -0.2) is 11.6 Å². The molecule has 1 fully saturated rings. The van der Waals surface area contributed by atoms with Crippen LogP contribution in [0.2, 0.25) is 0 Å². The van der Waals surface area contributed by atoms with Gasteiger partial charge in [-0.15, -0.1) is 11.6 Å². The first-order chi connectivity index (χ1) is 7.40. The fourth-order valence-electron chi connectivity index (χ4n) is 2.03. The van der Waals surface area contributed by atoms with Crippen LogP contribution in [0.4, 0.5) is 0 Å². The van der Waals surface area contributed by atoms with E-state index in [2.05, 4.69) is 4.98 Å². The van der Waals surface area contributed by atoms with Gasteiger partial charge in [-0.1, -0.05) is 12.8 Å². The molecule has 1 aromatic rings. The van der Waals surface area contributed by atoms with Crippen molar-refractivity contribution in [3.63, 3.8) is 0 Å². The Balaban J connectivity index is 1.91. The Morgan fingerprint density at radius 2 is 2.20 bits per heavy atom. The standard InChI is InChI=1S/C12H16ClNO/c13-7-11-5-6-14-8-12(11)15-9-10-3-1-2-4-10/h5-6,8,10H,1-4,7,9H2. The van der Waals surface area contributed by atoms with Gasteiger partial charge in [0.15, 0.2) is 0 Å². The van der Waals surface area contributed by atoms with Gasteiger partial charge < -0.3 is 4.74 Å². The molecule has 1 aliphatic rings. The molecule has 1 saturated carbocycles. The molecule has 1 heterocycles. The van der Waals surface area contributed by atoms with Gasteiger partial charge in [0.05, 0.1) is 18.7 Å². The van der Waals surface area contributed by atoms with E-state index in [1.54, 1.807) is 12.4 Å². The summed E-state index contributed by atoms with van der Waals surface area (Å²) >= 11 is 5.82. The zero-order valence-electron chi connectivity index (χ0n) is 8.79. The largest absolute Gasteiger partial charge is 0.491 e. The monoisotopic (exact) mass is 225 g/mol. The van der Waals surface area contributed by atoms with Crippen molar-refractivity contribution in [1.29, 1.82) is 0 Å². The highest BCUT2D eigenvalue weighted by atomic mass is 35.5. The third-order valence-corrected chi connectivity index (χ3v) is 3.25. The fourth-order valence-corrected chi connectivity index (χ4v) is 2.25. The summed E-state index contributed by atoms with van der Waals surface area (Å²) in [4.78, 5) is 4.05. The van der Waals surface area contributed by atoms with Crippen LogP contribution in [0.1, 0.15) is 31.2 Å². The molecule has 2 rings (SSSR count). The number of nitrogens with zero attached hydrogens (tertiary/aromatic N) is 1. The highest BCUT2D eigenvalue weighted by Crippen LogP contribution is 2.26. The zero-order valence-corrected chi connectivity index (χ0v) is 9.54. The summed E-state index contributed by atoms with van der Waals surface area (Å²) in [6.07, 6.45) is 8.81. The maximum absolute atomic E-state index is 5.82. The van der Waals surface area contributed by atoms with Crippen LogP contribution in [0, 0.1) is 5.92 Å². The van der Waals surface area contributed by atoms with Gasteiger partial charge in [-0.25, -0.2) is 0 Å². The van der Waals surface area contributed by atoms with Crippen LogP contribution in [0.3, 0.4) is 0 Å². The molecule has 0 atom stereocenters. The lowest BCUT2D eigenvalue weighted by Crippen LogP contribution is -2.09. The second-order valence-electron chi connectivity index (χ2n) is 4.08. The first-order valence-corrected chi connectivity index (χ1v) is 6.05. The van der Waals surface area contributed by atoms with Gasteiger partial charge in [0.1, 0.15) is 5.75 Å². The van der Waals surface area contributed by atoms with Crippen LogP contribution < -0.4 is 4.74 Å². The third-order valence-electron chi connectivity index (χ3n) is 2.96. The average molecular weight is 226 g/mol. The van der Waals surface area contributed by atoms with Gasteiger partial charge in [0.25, 0.3) is 0 Å². The van der Waals surface area contributed by atoms with Crippen molar-refractivity contribution < 1.29 is 4.74 Å². The number of ether oxygens (including phenoxy) is 1. The molecule has 0 N–H and O–H groups in total. The SMILES string of the molecule is ClCc1ccncc1OCC1CCCC1. The van der Waals surface area contributed by atoms with E-state index in [1.165, 1.54) is 25.7 Å². The number of hydrogen-bond acceptors (Lipinski definition) is 2. The molecular formula is C12H16ClNO. The Kier molecular flexibility index (Phi) is 3.84. The molecule has 15 heavy (non-hydrogen) atoms. The van der Waals surface area contributed by atoms with Crippen molar-refractivity contribution >= 4 is 11.6 Å². The molecule has 0 bridgehead atoms. The van der Waals surface area contributed by atoms with Crippen molar-refractivity contribution in [2.75, 3.05) is 6.61 Å². The van der Waals surface area contributed by atoms with E-state index < -0.39 is 0 Å². The Bertz CT molecular complexity index is 310. The van der Waals surface area contributed by atoms with E-state index in [1.807, 2.05) is 6.07 Å². The second kappa shape index (κ2) is 5.36. The van der Waals surface area contributed by atoms with Gasteiger partial charge in [0.2, 0.25) is 0 Å². The lowest BCUT2D eigenvalue weighted by atomic mass is 10.1. The summed E-state index contributed by atoms with van der Waals surface area (Å²) in [6, 6.07) is 1.91. The van der Waals surface area contributed by atoms with E-state index in [9.17, 15) is 0 Å². The lowest BCUT2D eigenvalue weighted by molar-refractivity contribution is 0.249. The van der Waals surface area contributed by atoms with Crippen LogP contribution in [0.15, 0.2) is 18.5 Å². The van der Waals surface area contributed by atoms with Crippen molar-refractivity contribution in [2.24, 2.45) is 5.92 Å². The summed E-state index contributed by atoms with van der Waals surface area (Å²) in [5.74, 6) is 2.07. The minimum atomic E-state index is 0.489. The molecule has 0 radical (unpaired) electrons. The average Bonchev–Trinajstić information content (AvgIpc) is 2.79. The maximum Gasteiger partial charge on any atom is 0.141 e. The molecule has 0 spiro atoms. The van der Waals surface area contributed by atoms with E-state index in [0.717, 1.165) is 23.8 Å². The maximum atomic E-state index is 5.82. The summed E-state index contributed by atoms with van der Waals surface area (Å²) in [5.41, 5.74) is 1.03. The van der Waals surface area contributed by atoms with Crippen LogP contribution in [-0.2, 0) is 5.88 Å². The summed E-state index contributed by atoms with van der Waals surface area (Å²) < 4.78 is 5.76. The van der Waals surface area contributed by atoms with Gasteiger partial charge in [0, 0.05) is 11.8 Å². The zero-order chi connectivity index (χ0) is 10.5. The topological polar surface area (TPSA) is 22.1 Å². The molecule has 0 saturated heterocycles. The van der Waals surface area contributed by atoms with Crippen molar-refractivity contribution in [3.05, 3.63) is 24.0 Å². The molecule has 1 aliphatic carbocycles. The Morgan fingerprint density at radius 3 is 2.93 bits per heavy atom. The van der Waals surface area contributed by atoms with E-state index in [0.29, 0.717) is 5.88 Å². The predicted molar refractivity (Wildman–Crippen MR) is 61.2 cm³/mol. The minimum Gasteiger partial charge on any atom is -0.491 e. The van der Waals surface area contributed by atoms with Crippen LogP contribution in [0.5, 0.6) is 5.75 Å².